The fourth-order valence-corrected chi connectivity index (χ4v) is 5.48. The second-order valence-corrected chi connectivity index (χ2v) is 10.1. The van der Waals surface area contributed by atoms with Crippen LogP contribution in [-0.2, 0) is 4.79 Å². The van der Waals surface area contributed by atoms with Crippen molar-refractivity contribution in [2.45, 2.75) is 24.9 Å². The van der Waals surface area contributed by atoms with E-state index in [0.29, 0.717) is 15.7 Å². The molecule has 1 atom stereocenters. The molecule has 8 heteroatoms. The number of rotatable bonds is 5. The second kappa shape index (κ2) is 9.61. The first-order chi connectivity index (χ1) is 18.0. The molecule has 6 rings (SSSR count). The van der Waals surface area contributed by atoms with E-state index in [2.05, 4.69) is 9.88 Å². The van der Waals surface area contributed by atoms with E-state index >= 15 is 0 Å². The van der Waals surface area contributed by atoms with Crippen molar-refractivity contribution in [2.75, 3.05) is 16.8 Å². The number of urea groups is 1. The molecule has 2 heterocycles. The third-order valence-corrected chi connectivity index (χ3v) is 7.48. The molecule has 1 aliphatic heterocycles. The van der Waals surface area contributed by atoms with Crippen LogP contribution < -0.4 is 10.2 Å². The van der Waals surface area contributed by atoms with E-state index in [1.165, 1.54) is 0 Å². The number of para-hydroxylation sites is 3. The molecule has 1 N–H and O–H groups in total. The first-order valence-electron chi connectivity index (χ1n) is 12.2. The van der Waals surface area contributed by atoms with E-state index in [4.69, 9.17) is 23.2 Å². The van der Waals surface area contributed by atoms with Crippen molar-refractivity contribution in [1.82, 2.24) is 9.47 Å². The van der Waals surface area contributed by atoms with Crippen molar-refractivity contribution in [3.63, 3.8) is 0 Å². The summed E-state index contributed by atoms with van der Waals surface area (Å²) in [5.74, 6) is -0.166. The number of carbonyl (C=O) groups excluding carboxylic acids is 2. The average molecular weight is 531 g/mol. The van der Waals surface area contributed by atoms with Gasteiger partial charge >= 0.3 is 6.03 Å². The number of hydrogen-bond acceptors (Lipinski definition) is 2. The fourth-order valence-electron chi connectivity index (χ4n) is 4.98. The molecule has 0 saturated heterocycles. The minimum Gasteiger partial charge on any atom is -0.316 e. The van der Waals surface area contributed by atoms with Gasteiger partial charge in [0.2, 0.25) is 5.91 Å². The van der Waals surface area contributed by atoms with Gasteiger partial charge < -0.3 is 14.8 Å². The maximum atomic E-state index is 14.2. The molecule has 0 radical (unpaired) electrons. The maximum absolute atomic E-state index is 14.2. The molecular formula is C29H24Cl2N4O2. The summed E-state index contributed by atoms with van der Waals surface area (Å²) >= 11 is 12.6. The average Bonchev–Trinajstić information content (AvgIpc) is 3.64. The lowest BCUT2D eigenvalue weighted by molar-refractivity contribution is -0.119. The van der Waals surface area contributed by atoms with Crippen molar-refractivity contribution in [3.05, 3.63) is 112 Å². The fraction of sp³-hybridized carbons (Fsp3) is 0.172. The van der Waals surface area contributed by atoms with Crippen LogP contribution in [0.4, 0.5) is 16.2 Å². The predicted octanol–water partition coefficient (Wildman–Crippen LogP) is 6.92. The summed E-state index contributed by atoms with van der Waals surface area (Å²) in [6.45, 7) is -0.0725. The van der Waals surface area contributed by atoms with Crippen LogP contribution in [0.3, 0.4) is 0 Å². The van der Waals surface area contributed by atoms with Gasteiger partial charge in [0.15, 0.2) is 0 Å². The zero-order chi connectivity index (χ0) is 25.5. The molecular weight excluding hydrogens is 507 g/mol. The van der Waals surface area contributed by atoms with Crippen LogP contribution in [0.5, 0.6) is 0 Å². The van der Waals surface area contributed by atoms with Gasteiger partial charge in [0.05, 0.1) is 32.8 Å². The van der Waals surface area contributed by atoms with E-state index in [0.717, 1.165) is 35.5 Å². The van der Waals surface area contributed by atoms with Crippen LogP contribution in [0, 0.1) is 0 Å². The molecule has 0 spiro atoms. The standard InChI is InChI=1S/C29H24Cl2N4O2/c30-21-10-6-11-22(31)27(21)32-29(37)34(20-15-16-20)18-26(36)35-24-13-5-4-12-23(24)33-17-7-14-25(33)28(35)19-8-2-1-3-9-19/h1-14,17,20,28H,15-16,18H2,(H,32,37). The van der Waals surface area contributed by atoms with Crippen LogP contribution >= 0.6 is 23.2 Å². The summed E-state index contributed by atoms with van der Waals surface area (Å²) in [4.78, 5) is 31.0. The molecule has 186 valence electrons. The van der Waals surface area contributed by atoms with Crippen molar-refractivity contribution in [2.24, 2.45) is 0 Å². The predicted molar refractivity (Wildman–Crippen MR) is 147 cm³/mol. The Morgan fingerprint density at radius 3 is 2.22 bits per heavy atom. The Morgan fingerprint density at radius 2 is 1.51 bits per heavy atom. The normalized spacial score (nSPS) is 16.1. The molecule has 4 aromatic rings. The van der Waals surface area contributed by atoms with Crippen molar-refractivity contribution in [3.8, 4) is 5.69 Å². The SMILES string of the molecule is O=C(Nc1c(Cl)cccc1Cl)N(CC(=O)N1c2ccccc2-n2cccc2C1c1ccccc1)C1CC1. The number of hydrogen-bond donors (Lipinski definition) is 1. The summed E-state index contributed by atoms with van der Waals surface area (Å²) in [6, 6.07) is 26.2. The lowest BCUT2D eigenvalue weighted by Gasteiger charge is -2.39. The molecule has 2 aliphatic rings. The summed E-state index contributed by atoms with van der Waals surface area (Å²) < 4.78 is 2.13. The molecule has 1 fully saturated rings. The highest BCUT2D eigenvalue weighted by Gasteiger charge is 2.40. The molecule has 0 bridgehead atoms. The number of fused-ring (bicyclic) bond motifs is 3. The van der Waals surface area contributed by atoms with E-state index < -0.39 is 6.03 Å². The van der Waals surface area contributed by atoms with Crippen LogP contribution in [0.15, 0.2) is 91.1 Å². The van der Waals surface area contributed by atoms with Gasteiger partial charge in [-0.2, -0.15) is 0 Å². The number of nitrogens with one attached hydrogen (secondary N) is 1. The Kier molecular flexibility index (Phi) is 6.14. The molecule has 1 aliphatic carbocycles. The van der Waals surface area contributed by atoms with Gasteiger partial charge in [0.1, 0.15) is 12.6 Å². The third-order valence-electron chi connectivity index (χ3n) is 6.85. The summed E-state index contributed by atoms with van der Waals surface area (Å²) in [7, 11) is 0. The van der Waals surface area contributed by atoms with Gasteiger partial charge in [0, 0.05) is 12.2 Å². The zero-order valence-corrected chi connectivity index (χ0v) is 21.4. The number of nitrogens with zero attached hydrogens (tertiary/aromatic N) is 3. The van der Waals surface area contributed by atoms with E-state index in [-0.39, 0.29) is 24.5 Å². The number of anilines is 2. The van der Waals surface area contributed by atoms with Crippen LogP contribution in [0.25, 0.3) is 5.69 Å². The van der Waals surface area contributed by atoms with Gasteiger partial charge in [-0.3, -0.25) is 9.69 Å². The second-order valence-electron chi connectivity index (χ2n) is 9.25. The summed E-state index contributed by atoms with van der Waals surface area (Å²) in [6.07, 6.45) is 3.71. The number of amides is 3. The van der Waals surface area contributed by atoms with Crippen molar-refractivity contribution < 1.29 is 9.59 Å². The third kappa shape index (κ3) is 4.37. The zero-order valence-electron chi connectivity index (χ0n) is 19.9. The molecule has 1 aromatic heterocycles. The Hall–Kier alpha value is -3.74. The lowest BCUT2D eigenvalue weighted by atomic mass is 9.97. The number of carbonyl (C=O) groups is 2. The Bertz CT molecular complexity index is 1460. The highest BCUT2D eigenvalue weighted by Crippen LogP contribution is 2.42. The van der Waals surface area contributed by atoms with Crippen LogP contribution in [-0.4, -0.2) is 34.0 Å². The van der Waals surface area contributed by atoms with E-state index in [1.54, 1.807) is 23.1 Å². The summed E-state index contributed by atoms with van der Waals surface area (Å²) in [5.41, 5.74) is 4.06. The molecule has 3 amide bonds. The van der Waals surface area contributed by atoms with Gasteiger partial charge in [0.25, 0.3) is 0 Å². The van der Waals surface area contributed by atoms with Crippen LogP contribution in [0.2, 0.25) is 10.0 Å². The van der Waals surface area contributed by atoms with Gasteiger partial charge in [-0.05, 0) is 54.8 Å². The largest absolute Gasteiger partial charge is 0.322 e. The van der Waals surface area contributed by atoms with Crippen LogP contribution in [0.1, 0.15) is 30.1 Å². The minimum absolute atomic E-state index is 0.00992. The van der Waals surface area contributed by atoms with Crippen molar-refractivity contribution in [1.29, 1.82) is 0 Å². The van der Waals surface area contributed by atoms with Gasteiger partial charge in [-0.1, -0.05) is 71.7 Å². The number of aromatic nitrogens is 1. The first-order valence-corrected chi connectivity index (χ1v) is 12.9. The highest BCUT2D eigenvalue weighted by atomic mass is 35.5. The van der Waals surface area contributed by atoms with E-state index in [1.807, 2.05) is 77.8 Å². The minimum atomic E-state index is -0.393. The molecule has 1 saturated carbocycles. The summed E-state index contributed by atoms with van der Waals surface area (Å²) in [5, 5.41) is 3.52. The lowest BCUT2D eigenvalue weighted by Crippen LogP contribution is -2.48. The topological polar surface area (TPSA) is 57.6 Å². The van der Waals surface area contributed by atoms with Gasteiger partial charge in [-0.25, -0.2) is 4.79 Å². The Labute approximate surface area is 225 Å². The molecule has 37 heavy (non-hydrogen) atoms. The van der Waals surface area contributed by atoms with E-state index in [9.17, 15) is 9.59 Å². The maximum Gasteiger partial charge on any atom is 0.322 e. The quantitative estimate of drug-likeness (QED) is 0.304. The number of benzene rings is 3. The smallest absolute Gasteiger partial charge is 0.316 e. The highest BCUT2D eigenvalue weighted by molar-refractivity contribution is 6.39. The molecule has 6 nitrogen and oxygen atoms in total. The Balaban J connectivity index is 1.36. The first kappa shape index (κ1) is 23.6. The molecule has 1 unspecified atom stereocenters. The van der Waals surface area contributed by atoms with Crippen molar-refractivity contribution >= 4 is 46.5 Å². The monoisotopic (exact) mass is 530 g/mol. The number of halogens is 2. The Morgan fingerprint density at radius 1 is 0.838 bits per heavy atom. The van der Waals surface area contributed by atoms with Gasteiger partial charge in [-0.15, -0.1) is 0 Å². The molecule has 3 aromatic carbocycles.